The van der Waals surface area contributed by atoms with Crippen molar-refractivity contribution in [2.24, 2.45) is 11.3 Å². The third-order valence-electron chi connectivity index (χ3n) is 4.02. The molecule has 1 N–H and O–H groups in total. The van der Waals surface area contributed by atoms with Crippen molar-refractivity contribution in [1.82, 2.24) is 5.32 Å². The third kappa shape index (κ3) is 1.68. The van der Waals surface area contributed by atoms with Crippen molar-refractivity contribution in [3.8, 4) is 0 Å². The Kier molecular flexibility index (Phi) is 2.61. The predicted octanol–water partition coefficient (Wildman–Crippen LogP) is 3.10. The molecule has 1 aliphatic heterocycles. The van der Waals surface area contributed by atoms with E-state index in [9.17, 15) is 4.79 Å². The second-order valence-corrected chi connectivity index (χ2v) is 5.29. The van der Waals surface area contributed by atoms with Crippen molar-refractivity contribution in [1.29, 1.82) is 0 Å². The number of hydrogen-bond donors (Lipinski definition) is 1. The summed E-state index contributed by atoms with van der Waals surface area (Å²) >= 11 is 0. The van der Waals surface area contributed by atoms with Crippen LogP contribution in [0.25, 0.3) is 0 Å². The van der Waals surface area contributed by atoms with Crippen LogP contribution >= 0.6 is 0 Å². The summed E-state index contributed by atoms with van der Waals surface area (Å²) in [4.78, 5) is 11.7. The Morgan fingerprint density at radius 3 is 2.82 bits per heavy atom. The zero-order chi connectivity index (χ0) is 12.8. The van der Waals surface area contributed by atoms with Gasteiger partial charge in [0.2, 0.25) is 0 Å². The molecule has 0 saturated heterocycles. The highest BCUT2D eigenvalue weighted by Crippen LogP contribution is 2.47. The van der Waals surface area contributed by atoms with E-state index < -0.39 is 0 Å². The molecular formula is C15H19NO. The highest BCUT2D eigenvalue weighted by molar-refractivity contribution is 5.99. The molecule has 0 saturated carbocycles. The predicted molar refractivity (Wildman–Crippen MR) is 70.2 cm³/mol. The number of carbonyl (C=O) groups is 1. The van der Waals surface area contributed by atoms with Gasteiger partial charge in [0, 0.05) is 16.7 Å². The topological polar surface area (TPSA) is 29.1 Å². The van der Waals surface area contributed by atoms with Crippen LogP contribution in [0.1, 0.15) is 27.2 Å². The van der Waals surface area contributed by atoms with Gasteiger partial charge in [-0.05, 0) is 31.8 Å². The first kappa shape index (κ1) is 11.9. The number of fused-ring (bicyclic) bond motifs is 1. The molecule has 1 amide bonds. The second-order valence-electron chi connectivity index (χ2n) is 5.29. The first-order valence-corrected chi connectivity index (χ1v) is 5.92. The first-order chi connectivity index (χ1) is 7.89. The van der Waals surface area contributed by atoms with Gasteiger partial charge in [-0.15, -0.1) is 6.58 Å². The number of carbonyl (C=O) groups excluding carboxylic acids is 1. The molecule has 2 nitrogen and oxygen atoms in total. The molecule has 0 radical (unpaired) electrons. The van der Waals surface area contributed by atoms with E-state index in [-0.39, 0.29) is 11.3 Å². The molecule has 2 aliphatic rings. The molecule has 0 spiro atoms. The molecule has 0 bridgehead atoms. The molecule has 2 heteroatoms. The van der Waals surface area contributed by atoms with E-state index in [1.807, 2.05) is 19.9 Å². The van der Waals surface area contributed by atoms with Crippen LogP contribution in [0, 0.1) is 11.3 Å². The maximum absolute atomic E-state index is 11.7. The fourth-order valence-electron chi connectivity index (χ4n) is 2.76. The maximum Gasteiger partial charge on any atom is 0.251 e. The van der Waals surface area contributed by atoms with E-state index in [1.165, 1.54) is 0 Å². The second kappa shape index (κ2) is 3.73. The van der Waals surface area contributed by atoms with E-state index in [2.05, 4.69) is 31.5 Å². The van der Waals surface area contributed by atoms with Crippen LogP contribution in [-0.2, 0) is 4.79 Å². The van der Waals surface area contributed by atoms with E-state index in [0.717, 1.165) is 28.8 Å². The molecule has 1 heterocycles. The van der Waals surface area contributed by atoms with Crippen LogP contribution in [0.15, 0.2) is 47.7 Å². The lowest BCUT2D eigenvalue weighted by Crippen LogP contribution is -2.30. The van der Waals surface area contributed by atoms with Crippen LogP contribution in [0.2, 0.25) is 0 Å². The minimum Gasteiger partial charge on any atom is -0.322 e. The summed E-state index contributed by atoms with van der Waals surface area (Å²) in [6, 6.07) is 0. The fourth-order valence-corrected chi connectivity index (χ4v) is 2.76. The Morgan fingerprint density at radius 2 is 2.29 bits per heavy atom. The standard InChI is InChI=1S/C15H19NO/c1-6-15(5)8-13-11(7-12(15)9(2)3)10(4)14(17)16-13/h6,8,12H,1-2,7H2,3-5H3,(H,16,17). The van der Waals surface area contributed by atoms with Gasteiger partial charge in [0.1, 0.15) is 0 Å². The van der Waals surface area contributed by atoms with Gasteiger partial charge in [-0.2, -0.15) is 0 Å². The Bertz CT molecular complexity index is 481. The molecule has 0 fully saturated rings. The van der Waals surface area contributed by atoms with Crippen LogP contribution in [-0.4, -0.2) is 5.91 Å². The number of rotatable bonds is 2. The van der Waals surface area contributed by atoms with Gasteiger partial charge >= 0.3 is 0 Å². The molecular weight excluding hydrogens is 210 g/mol. The summed E-state index contributed by atoms with van der Waals surface area (Å²) in [5.41, 5.74) is 3.97. The van der Waals surface area contributed by atoms with Crippen molar-refractivity contribution in [2.45, 2.75) is 27.2 Å². The Balaban J connectivity index is 2.54. The molecule has 0 aromatic carbocycles. The van der Waals surface area contributed by atoms with E-state index in [0.29, 0.717) is 5.92 Å². The first-order valence-electron chi connectivity index (χ1n) is 5.92. The molecule has 17 heavy (non-hydrogen) atoms. The minimum absolute atomic E-state index is 0.0278. The summed E-state index contributed by atoms with van der Waals surface area (Å²) < 4.78 is 0. The SMILES string of the molecule is C=CC1(C)C=C2NC(=O)C(C)=C2CC1C(=C)C. The fraction of sp³-hybridized carbons (Fsp3) is 0.400. The summed E-state index contributed by atoms with van der Waals surface area (Å²) in [7, 11) is 0. The molecule has 2 rings (SSSR count). The quantitative estimate of drug-likeness (QED) is 0.724. The molecule has 2 unspecified atom stereocenters. The normalized spacial score (nSPS) is 31.8. The summed E-state index contributed by atoms with van der Waals surface area (Å²) in [5.74, 6) is 0.349. The van der Waals surface area contributed by atoms with Gasteiger partial charge in [0.05, 0.1) is 0 Å². The monoisotopic (exact) mass is 229 g/mol. The zero-order valence-electron chi connectivity index (χ0n) is 10.8. The van der Waals surface area contributed by atoms with Crippen molar-refractivity contribution in [3.05, 3.63) is 47.7 Å². The highest BCUT2D eigenvalue weighted by atomic mass is 16.1. The molecule has 2 atom stereocenters. The van der Waals surface area contributed by atoms with Gasteiger partial charge < -0.3 is 5.32 Å². The van der Waals surface area contributed by atoms with E-state index in [4.69, 9.17) is 0 Å². The maximum atomic E-state index is 11.7. The Labute approximate surface area is 103 Å². The highest BCUT2D eigenvalue weighted by Gasteiger charge is 2.39. The Morgan fingerprint density at radius 1 is 1.65 bits per heavy atom. The van der Waals surface area contributed by atoms with Crippen LogP contribution in [0.4, 0.5) is 0 Å². The van der Waals surface area contributed by atoms with Crippen LogP contribution in [0.3, 0.4) is 0 Å². The van der Waals surface area contributed by atoms with Crippen molar-refractivity contribution < 1.29 is 4.79 Å². The molecule has 90 valence electrons. The summed E-state index contributed by atoms with van der Waals surface area (Å²) in [6.45, 7) is 14.1. The van der Waals surface area contributed by atoms with Gasteiger partial charge in [0.25, 0.3) is 5.91 Å². The average Bonchev–Trinajstić information content (AvgIpc) is 2.53. The van der Waals surface area contributed by atoms with Gasteiger partial charge in [-0.3, -0.25) is 4.79 Å². The zero-order valence-corrected chi connectivity index (χ0v) is 10.8. The summed E-state index contributed by atoms with van der Waals surface area (Å²) in [5, 5.41) is 2.93. The minimum atomic E-state index is -0.122. The average molecular weight is 229 g/mol. The lowest BCUT2D eigenvalue weighted by atomic mass is 9.66. The van der Waals surface area contributed by atoms with Crippen molar-refractivity contribution in [3.63, 3.8) is 0 Å². The van der Waals surface area contributed by atoms with Gasteiger partial charge in [0.15, 0.2) is 0 Å². The van der Waals surface area contributed by atoms with Crippen molar-refractivity contribution >= 4 is 5.91 Å². The number of amides is 1. The van der Waals surface area contributed by atoms with Crippen molar-refractivity contribution in [2.75, 3.05) is 0 Å². The molecule has 0 aromatic heterocycles. The lowest BCUT2D eigenvalue weighted by Gasteiger charge is -2.38. The van der Waals surface area contributed by atoms with Crippen LogP contribution < -0.4 is 5.32 Å². The van der Waals surface area contributed by atoms with E-state index >= 15 is 0 Å². The molecule has 0 aromatic rings. The number of hydrogen-bond acceptors (Lipinski definition) is 1. The Hall–Kier alpha value is -1.57. The van der Waals surface area contributed by atoms with Gasteiger partial charge in [-0.25, -0.2) is 0 Å². The smallest absolute Gasteiger partial charge is 0.251 e. The number of allylic oxidation sites excluding steroid dienone is 4. The largest absolute Gasteiger partial charge is 0.322 e. The van der Waals surface area contributed by atoms with Crippen LogP contribution in [0.5, 0.6) is 0 Å². The van der Waals surface area contributed by atoms with Gasteiger partial charge in [-0.1, -0.05) is 31.2 Å². The number of nitrogens with one attached hydrogen (secondary N) is 1. The van der Waals surface area contributed by atoms with E-state index in [1.54, 1.807) is 0 Å². The molecule has 1 aliphatic carbocycles. The lowest BCUT2D eigenvalue weighted by molar-refractivity contribution is -0.116. The summed E-state index contributed by atoms with van der Waals surface area (Å²) in [6.07, 6.45) is 4.94. The third-order valence-corrected chi connectivity index (χ3v) is 4.02.